The lowest BCUT2D eigenvalue weighted by atomic mass is 10.1. The molecule has 2 aromatic rings. The molecule has 3 rings (SSSR count). The molecular formula is C14H9Cl2N5O3. The van der Waals surface area contributed by atoms with Gasteiger partial charge in [-0.1, -0.05) is 23.2 Å². The minimum Gasteiger partial charge on any atom is -0.366 e. The molecule has 24 heavy (non-hydrogen) atoms. The third-order valence-electron chi connectivity index (χ3n) is 3.18. The zero-order valence-electron chi connectivity index (χ0n) is 11.9. The van der Waals surface area contributed by atoms with Crippen LogP contribution in [0.5, 0.6) is 0 Å². The molecule has 1 aromatic carbocycles. The van der Waals surface area contributed by atoms with E-state index in [-0.39, 0.29) is 28.6 Å². The van der Waals surface area contributed by atoms with E-state index in [9.17, 15) is 14.4 Å². The van der Waals surface area contributed by atoms with E-state index in [0.717, 1.165) is 0 Å². The number of nitrogens with one attached hydrogen (secondary N) is 2. The van der Waals surface area contributed by atoms with Crippen LogP contribution >= 0.6 is 23.2 Å². The lowest BCUT2D eigenvalue weighted by molar-refractivity contribution is -0.119. The SMILES string of the molecule is NC(=O)C1=c2c(nc(Nc3cc(Cl)cc(Cl)c3)[nH]c2=O)=NC(=O)C1. The molecule has 0 saturated heterocycles. The molecule has 0 aliphatic carbocycles. The predicted octanol–water partition coefficient (Wildman–Crippen LogP) is 0.00620. The van der Waals surface area contributed by atoms with Gasteiger partial charge in [-0.2, -0.15) is 9.98 Å². The lowest BCUT2D eigenvalue weighted by Gasteiger charge is -2.09. The van der Waals surface area contributed by atoms with Crippen LogP contribution in [0.15, 0.2) is 28.0 Å². The molecule has 0 spiro atoms. The minimum atomic E-state index is -0.867. The number of fused-ring (bicyclic) bond motifs is 1. The first-order valence-electron chi connectivity index (χ1n) is 6.61. The highest BCUT2D eigenvalue weighted by Gasteiger charge is 2.20. The summed E-state index contributed by atoms with van der Waals surface area (Å²) in [6, 6.07) is 4.67. The number of anilines is 2. The van der Waals surface area contributed by atoms with Crippen molar-refractivity contribution in [1.82, 2.24) is 9.97 Å². The molecule has 0 radical (unpaired) electrons. The number of rotatable bonds is 3. The smallest absolute Gasteiger partial charge is 0.262 e. The van der Waals surface area contributed by atoms with Crippen LogP contribution in [-0.2, 0) is 9.59 Å². The molecule has 1 aliphatic heterocycles. The number of benzene rings is 1. The molecule has 0 unspecified atom stereocenters. The van der Waals surface area contributed by atoms with Crippen molar-refractivity contribution < 1.29 is 9.59 Å². The second-order valence-corrected chi connectivity index (χ2v) is 5.79. The summed E-state index contributed by atoms with van der Waals surface area (Å²) in [5.74, 6) is -1.46. The van der Waals surface area contributed by atoms with Gasteiger partial charge in [0.25, 0.3) is 11.5 Å². The van der Waals surface area contributed by atoms with Gasteiger partial charge in [-0.05, 0) is 18.2 Å². The maximum Gasteiger partial charge on any atom is 0.262 e. The van der Waals surface area contributed by atoms with E-state index in [2.05, 4.69) is 20.3 Å². The molecule has 0 atom stereocenters. The molecule has 1 aliphatic rings. The Morgan fingerprint density at radius 1 is 1.21 bits per heavy atom. The first-order valence-corrected chi connectivity index (χ1v) is 7.37. The molecule has 0 fully saturated rings. The quantitative estimate of drug-likeness (QED) is 0.704. The number of nitrogens with two attached hydrogens (primary N) is 1. The molecule has 1 aromatic heterocycles. The Morgan fingerprint density at radius 3 is 2.50 bits per heavy atom. The van der Waals surface area contributed by atoms with Crippen LogP contribution in [-0.4, -0.2) is 21.8 Å². The van der Waals surface area contributed by atoms with Gasteiger partial charge in [-0.15, -0.1) is 0 Å². The molecule has 122 valence electrons. The van der Waals surface area contributed by atoms with Crippen LogP contribution in [0.4, 0.5) is 11.6 Å². The lowest BCUT2D eigenvalue weighted by Crippen LogP contribution is -2.49. The number of amides is 2. The fraction of sp³-hybridized carbons (Fsp3) is 0.0714. The Hall–Kier alpha value is -2.71. The van der Waals surface area contributed by atoms with Gasteiger partial charge in [0.1, 0.15) is 0 Å². The Bertz CT molecular complexity index is 1040. The Kier molecular flexibility index (Phi) is 4.08. The topological polar surface area (TPSA) is 130 Å². The first-order chi connectivity index (χ1) is 11.3. The monoisotopic (exact) mass is 365 g/mol. The van der Waals surface area contributed by atoms with Crippen molar-refractivity contribution in [2.75, 3.05) is 5.32 Å². The number of hydrogen-bond acceptors (Lipinski definition) is 5. The van der Waals surface area contributed by atoms with E-state index in [1.807, 2.05) is 0 Å². The number of primary amides is 1. The van der Waals surface area contributed by atoms with Crippen LogP contribution in [0.25, 0.3) is 5.57 Å². The van der Waals surface area contributed by atoms with Crippen LogP contribution in [0, 0.1) is 0 Å². The van der Waals surface area contributed by atoms with Gasteiger partial charge in [-0.3, -0.25) is 19.4 Å². The van der Waals surface area contributed by atoms with E-state index >= 15 is 0 Å². The van der Waals surface area contributed by atoms with Crippen LogP contribution in [0.2, 0.25) is 10.0 Å². The zero-order chi connectivity index (χ0) is 17.4. The van der Waals surface area contributed by atoms with Crippen molar-refractivity contribution >= 4 is 52.2 Å². The number of halogens is 2. The van der Waals surface area contributed by atoms with Gasteiger partial charge in [0.15, 0.2) is 5.49 Å². The van der Waals surface area contributed by atoms with Crippen LogP contribution in [0.1, 0.15) is 6.42 Å². The van der Waals surface area contributed by atoms with Gasteiger partial charge in [-0.25, -0.2) is 0 Å². The minimum absolute atomic E-state index is 0.0133. The number of nitrogens with zero attached hydrogens (tertiary/aromatic N) is 2. The third-order valence-corrected chi connectivity index (χ3v) is 3.62. The average molecular weight is 366 g/mol. The number of carbonyl (C=O) groups excluding carboxylic acids is 2. The number of aromatic nitrogens is 2. The maximum atomic E-state index is 12.2. The molecular weight excluding hydrogens is 357 g/mol. The van der Waals surface area contributed by atoms with Gasteiger partial charge >= 0.3 is 0 Å². The van der Waals surface area contributed by atoms with E-state index < -0.39 is 17.4 Å². The molecule has 10 heteroatoms. The highest BCUT2D eigenvalue weighted by molar-refractivity contribution is 6.35. The summed E-state index contributed by atoms with van der Waals surface area (Å²) in [5, 5.41) is 3.47. The summed E-state index contributed by atoms with van der Waals surface area (Å²) in [7, 11) is 0. The Labute approximate surface area is 144 Å². The van der Waals surface area contributed by atoms with Crippen molar-refractivity contribution in [3.63, 3.8) is 0 Å². The van der Waals surface area contributed by atoms with Crippen molar-refractivity contribution in [2.45, 2.75) is 6.42 Å². The summed E-state index contributed by atoms with van der Waals surface area (Å²) < 4.78 is 0. The zero-order valence-corrected chi connectivity index (χ0v) is 13.4. The number of aromatic amines is 1. The van der Waals surface area contributed by atoms with Crippen molar-refractivity contribution in [2.24, 2.45) is 10.7 Å². The number of H-pyrrole nitrogens is 1. The van der Waals surface area contributed by atoms with Gasteiger partial charge < -0.3 is 11.1 Å². The largest absolute Gasteiger partial charge is 0.366 e. The van der Waals surface area contributed by atoms with Gasteiger partial charge in [0.2, 0.25) is 11.9 Å². The molecule has 0 saturated carbocycles. The summed E-state index contributed by atoms with van der Waals surface area (Å²) >= 11 is 11.8. The number of hydrogen-bond donors (Lipinski definition) is 3. The summed E-state index contributed by atoms with van der Waals surface area (Å²) in [4.78, 5) is 45.5. The summed E-state index contributed by atoms with van der Waals surface area (Å²) in [6.07, 6.45) is -0.330. The highest BCUT2D eigenvalue weighted by Crippen LogP contribution is 2.23. The Balaban J connectivity index is 2.16. The fourth-order valence-electron chi connectivity index (χ4n) is 2.24. The second-order valence-electron chi connectivity index (χ2n) is 4.92. The molecule has 2 heterocycles. The van der Waals surface area contributed by atoms with E-state index in [1.165, 1.54) is 0 Å². The van der Waals surface area contributed by atoms with Crippen molar-refractivity contribution in [3.05, 3.63) is 49.3 Å². The summed E-state index contributed by atoms with van der Waals surface area (Å²) in [5.41, 5.74) is 4.76. The van der Waals surface area contributed by atoms with Gasteiger partial charge in [0, 0.05) is 21.3 Å². The van der Waals surface area contributed by atoms with E-state index in [4.69, 9.17) is 28.9 Å². The van der Waals surface area contributed by atoms with Crippen molar-refractivity contribution in [3.8, 4) is 0 Å². The second kappa shape index (κ2) is 6.06. The van der Waals surface area contributed by atoms with E-state index in [1.54, 1.807) is 18.2 Å². The molecule has 2 amide bonds. The van der Waals surface area contributed by atoms with E-state index in [0.29, 0.717) is 15.7 Å². The molecule has 4 N–H and O–H groups in total. The average Bonchev–Trinajstić information content (AvgIpc) is 2.44. The van der Waals surface area contributed by atoms with Crippen molar-refractivity contribution in [1.29, 1.82) is 0 Å². The first kappa shape index (κ1) is 16.2. The molecule has 8 nitrogen and oxygen atoms in total. The van der Waals surface area contributed by atoms with Gasteiger partial charge in [0.05, 0.1) is 11.6 Å². The standard InChI is InChI=1S/C14H9Cl2N5O3/c15-5-1-6(16)3-7(2-5)18-14-20-12-10(13(24)21-14)8(11(17)23)4-9(22)19-12/h1-3H,4H2,(H2,17,23)(H2,18,19,20,21,22,24). The normalized spacial score (nSPS) is 13.2. The predicted molar refractivity (Wildman–Crippen MR) is 87.6 cm³/mol. The number of carbonyl (C=O) groups is 2. The maximum absolute atomic E-state index is 12.2. The van der Waals surface area contributed by atoms with Crippen LogP contribution < -0.4 is 27.3 Å². The third kappa shape index (κ3) is 3.15. The molecule has 0 bridgehead atoms. The Morgan fingerprint density at radius 2 is 1.88 bits per heavy atom. The fourth-order valence-corrected chi connectivity index (χ4v) is 2.77. The highest BCUT2D eigenvalue weighted by atomic mass is 35.5. The van der Waals surface area contributed by atoms with Crippen LogP contribution in [0.3, 0.4) is 0 Å². The summed E-state index contributed by atoms with van der Waals surface area (Å²) in [6.45, 7) is 0.